The summed E-state index contributed by atoms with van der Waals surface area (Å²) in [4.78, 5) is 5.08. The van der Waals surface area contributed by atoms with Crippen LogP contribution >= 0.6 is 11.8 Å². The third-order valence-electron chi connectivity index (χ3n) is 10.1. The summed E-state index contributed by atoms with van der Waals surface area (Å²) in [5, 5.41) is 1.21. The normalized spacial score (nSPS) is 52.4. The molecule has 4 saturated carbocycles. The summed E-state index contributed by atoms with van der Waals surface area (Å²) < 4.78 is 6.72. The first-order valence-corrected chi connectivity index (χ1v) is 13.0. The first-order chi connectivity index (χ1) is 13.4. The molecule has 1 aliphatic heterocycles. The Kier molecular flexibility index (Phi) is 4.86. The first kappa shape index (κ1) is 19.7. The quantitative estimate of drug-likeness (QED) is 0.587. The second-order valence-electron chi connectivity index (χ2n) is 11.0. The Morgan fingerprint density at radius 3 is 2.79 bits per heavy atom. The van der Waals surface area contributed by atoms with Crippen LogP contribution in [-0.2, 0) is 4.74 Å². The van der Waals surface area contributed by atoms with Crippen LogP contribution in [-0.4, -0.2) is 22.7 Å². The lowest BCUT2D eigenvalue weighted by molar-refractivity contribution is -0.168. The molecule has 8 atom stereocenters. The van der Waals surface area contributed by atoms with Gasteiger partial charge in [0.05, 0.1) is 5.25 Å². The van der Waals surface area contributed by atoms with E-state index in [0.717, 1.165) is 41.9 Å². The minimum atomic E-state index is -0.350. The highest BCUT2D eigenvalue weighted by Gasteiger charge is 2.71. The molecule has 4 aliphatic carbocycles. The van der Waals surface area contributed by atoms with E-state index in [2.05, 4.69) is 20.8 Å². The number of unbranched alkanes of at least 4 members (excludes halogenated alkanes) is 1. The highest BCUT2D eigenvalue weighted by atomic mass is 32.2. The van der Waals surface area contributed by atoms with Gasteiger partial charge in [-0.2, -0.15) is 0 Å². The lowest BCUT2D eigenvalue weighted by Gasteiger charge is -2.61. The molecule has 1 heterocycles. The fourth-order valence-corrected chi connectivity index (χ4v) is 9.91. The molecule has 2 N–H and O–H groups in total. The van der Waals surface area contributed by atoms with Gasteiger partial charge >= 0.3 is 0 Å². The van der Waals surface area contributed by atoms with E-state index in [0.29, 0.717) is 10.7 Å². The Labute approximate surface area is 176 Å². The molecule has 0 saturated heterocycles. The van der Waals surface area contributed by atoms with Crippen molar-refractivity contribution >= 4 is 16.9 Å². The maximum Gasteiger partial charge on any atom is 0.179 e. The van der Waals surface area contributed by atoms with Crippen molar-refractivity contribution in [2.45, 2.75) is 102 Å². The molecule has 0 aromatic carbocycles. The molecule has 4 heteroatoms. The van der Waals surface area contributed by atoms with Crippen molar-refractivity contribution in [3.05, 3.63) is 0 Å². The van der Waals surface area contributed by atoms with Crippen molar-refractivity contribution in [3.63, 3.8) is 0 Å². The molecule has 4 fully saturated rings. The molecule has 28 heavy (non-hydrogen) atoms. The summed E-state index contributed by atoms with van der Waals surface area (Å²) >= 11 is 1.82. The van der Waals surface area contributed by atoms with Crippen molar-refractivity contribution in [1.82, 2.24) is 0 Å². The average Bonchev–Trinajstić information content (AvgIpc) is 3.11. The monoisotopic (exact) mass is 404 g/mol. The number of amidine groups is 1. The molecule has 0 amide bonds. The van der Waals surface area contributed by atoms with Crippen molar-refractivity contribution in [2.24, 2.45) is 45.2 Å². The largest absolute Gasteiger partial charge is 0.378 e. The maximum atomic E-state index is 6.72. The molecule has 0 aromatic rings. The van der Waals surface area contributed by atoms with Crippen LogP contribution < -0.4 is 5.73 Å². The Morgan fingerprint density at radius 2 is 1.96 bits per heavy atom. The first-order valence-electron chi connectivity index (χ1n) is 12.1. The molecule has 5 aliphatic rings. The van der Waals surface area contributed by atoms with E-state index in [1.165, 1.54) is 64.2 Å². The van der Waals surface area contributed by atoms with Crippen molar-refractivity contribution < 1.29 is 4.74 Å². The number of nitrogens with two attached hydrogens (primary N) is 1. The highest BCUT2D eigenvalue weighted by Crippen LogP contribution is 2.71. The summed E-state index contributed by atoms with van der Waals surface area (Å²) in [5.74, 6) is 3.57. The standard InChI is InChI=1S/C24H40N2OS/c1-4-5-14-27-24-20(28-21(25)26-24)15-19-17-10-9-16-8-6-7-12-22(16,2)18(17)11-13-23(19,24)3/h16-20H,4-15H2,1-3H3,(H2,25,26)/t16-,17-,18+,19+,20+,22+,23+,24-/m1/s1. The van der Waals surface area contributed by atoms with Crippen LogP contribution in [0.5, 0.6) is 0 Å². The smallest absolute Gasteiger partial charge is 0.179 e. The average molecular weight is 405 g/mol. The van der Waals surface area contributed by atoms with Crippen LogP contribution in [0.2, 0.25) is 0 Å². The predicted molar refractivity (Wildman–Crippen MR) is 118 cm³/mol. The fourth-order valence-electron chi connectivity index (χ4n) is 8.58. The Morgan fingerprint density at radius 1 is 1.11 bits per heavy atom. The molecular formula is C24H40N2OS. The fraction of sp³-hybridized carbons (Fsp3) is 0.958. The number of rotatable bonds is 4. The summed E-state index contributed by atoms with van der Waals surface area (Å²) in [7, 11) is 0. The zero-order chi connectivity index (χ0) is 19.6. The van der Waals surface area contributed by atoms with Crippen molar-refractivity contribution in [3.8, 4) is 0 Å². The van der Waals surface area contributed by atoms with Crippen LogP contribution in [0, 0.1) is 34.5 Å². The summed E-state index contributed by atoms with van der Waals surface area (Å²) in [6.45, 7) is 8.27. The molecule has 5 rings (SSSR count). The second kappa shape index (κ2) is 6.90. The van der Waals surface area contributed by atoms with Gasteiger partial charge in [-0.3, -0.25) is 0 Å². The minimum Gasteiger partial charge on any atom is -0.378 e. The Balaban J connectivity index is 1.46. The van der Waals surface area contributed by atoms with E-state index in [1.54, 1.807) is 0 Å². The number of aliphatic imine (C=N–C) groups is 1. The predicted octanol–water partition coefficient (Wildman–Crippen LogP) is 5.97. The summed E-state index contributed by atoms with van der Waals surface area (Å²) in [6, 6.07) is 0. The number of ether oxygens (including phenoxy) is 1. The van der Waals surface area contributed by atoms with E-state index in [-0.39, 0.29) is 11.1 Å². The van der Waals surface area contributed by atoms with E-state index < -0.39 is 0 Å². The van der Waals surface area contributed by atoms with Crippen LogP contribution in [0.1, 0.15) is 91.4 Å². The van der Waals surface area contributed by atoms with Crippen molar-refractivity contribution in [2.75, 3.05) is 6.61 Å². The van der Waals surface area contributed by atoms with Gasteiger partial charge < -0.3 is 10.5 Å². The van der Waals surface area contributed by atoms with E-state index in [1.807, 2.05) is 11.8 Å². The molecule has 0 spiro atoms. The Hall–Kier alpha value is -0.220. The van der Waals surface area contributed by atoms with Gasteiger partial charge in [-0.05, 0) is 80.5 Å². The molecule has 0 aromatic heterocycles. The molecule has 0 radical (unpaired) electrons. The number of thioether (sulfide) groups is 1. The van der Waals surface area contributed by atoms with E-state index in [4.69, 9.17) is 15.5 Å². The topological polar surface area (TPSA) is 47.6 Å². The number of fused-ring (bicyclic) bond motifs is 7. The number of nitrogens with zero attached hydrogens (tertiary/aromatic N) is 1. The van der Waals surface area contributed by atoms with Gasteiger partial charge in [-0.15, -0.1) is 0 Å². The SMILES string of the molecule is CCCCO[C@]12N=C(N)S[C@H]1C[C@H]1[C@@H]3CC[C@H]4CCCC[C@]4(C)[C@H]3CC[C@@]12C. The van der Waals surface area contributed by atoms with E-state index >= 15 is 0 Å². The van der Waals surface area contributed by atoms with Gasteiger partial charge in [-0.25, -0.2) is 4.99 Å². The number of hydrogen-bond donors (Lipinski definition) is 1. The second-order valence-corrected chi connectivity index (χ2v) is 12.3. The molecule has 0 bridgehead atoms. The zero-order valence-corrected chi connectivity index (χ0v) is 19.0. The van der Waals surface area contributed by atoms with Gasteiger partial charge in [0, 0.05) is 12.0 Å². The molecule has 0 unspecified atom stereocenters. The van der Waals surface area contributed by atoms with Gasteiger partial charge in [0.25, 0.3) is 0 Å². The number of hydrogen-bond acceptors (Lipinski definition) is 4. The third kappa shape index (κ3) is 2.55. The van der Waals surface area contributed by atoms with Gasteiger partial charge in [0.1, 0.15) is 0 Å². The Bertz CT molecular complexity index is 653. The maximum absolute atomic E-state index is 6.72. The van der Waals surface area contributed by atoms with Gasteiger partial charge in [0.2, 0.25) is 0 Å². The van der Waals surface area contributed by atoms with Crippen LogP contribution in [0.25, 0.3) is 0 Å². The van der Waals surface area contributed by atoms with Crippen LogP contribution in [0.4, 0.5) is 0 Å². The highest BCUT2D eigenvalue weighted by molar-refractivity contribution is 8.14. The van der Waals surface area contributed by atoms with Crippen LogP contribution in [0.3, 0.4) is 0 Å². The van der Waals surface area contributed by atoms with Gasteiger partial charge in [0.15, 0.2) is 10.9 Å². The van der Waals surface area contributed by atoms with Gasteiger partial charge in [-0.1, -0.05) is 51.8 Å². The lowest BCUT2D eigenvalue weighted by Crippen LogP contribution is -2.57. The summed E-state index contributed by atoms with van der Waals surface area (Å²) in [5.41, 5.74) is 6.69. The van der Waals surface area contributed by atoms with E-state index in [9.17, 15) is 0 Å². The molecular weight excluding hydrogens is 364 g/mol. The summed E-state index contributed by atoms with van der Waals surface area (Å²) in [6.07, 6.45) is 15.1. The minimum absolute atomic E-state index is 0.165. The molecule has 158 valence electrons. The zero-order valence-electron chi connectivity index (χ0n) is 18.2. The van der Waals surface area contributed by atoms with Crippen LogP contribution in [0.15, 0.2) is 4.99 Å². The van der Waals surface area contributed by atoms with Crippen molar-refractivity contribution in [1.29, 1.82) is 0 Å². The lowest BCUT2D eigenvalue weighted by atomic mass is 9.45. The third-order valence-corrected chi connectivity index (χ3v) is 11.2. The molecule has 3 nitrogen and oxygen atoms in total.